The summed E-state index contributed by atoms with van der Waals surface area (Å²) in [7, 11) is 0. The predicted molar refractivity (Wildman–Crippen MR) is 103 cm³/mol. The third-order valence-corrected chi connectivity index (χ3v) is 4.52. The fraction of sp³-hybridized carbons (Fsp3) is 0.217. The summed E-state index contributed by atoms with van der Waals surface area (Å²) in [4.78, 5) is 0. The van der Waals surface area contributed by atoms with Crippen molar-refractivity contribution in [3.05, 3.63) is 83.2 Å². The summed E-state index contributed by atoms with van der Waals surface area (Å²) in [5.74, 6) is -5.36. The molecular weight excluding hydrogens is 441 g/mol. The quantitative estimate of drug-likeness (QED) is 0.327. The van der Waals surface area contributed by atoms with Gasteiger partial charge in [-0.2, -0.15) is 17.6 Å². The molecule has 0 bridgehead atoms. The number of rotatable bonds is 8. The van der Waals surface area contributed by atoms with Crippen LogP contribution in [0.1, 0.15) is 24.5 Å². The molecule has 0 saturated heterocycles. The van der Waals surface area contributed by atoms with Crippen LogP contribution in [0.4, 0.5) is 30.7 Å². The highest BCUT2D eigenvalue weighted by Gasteiger charge is 2.37. The zero-order valence-corrected chi connectivity index (χ0v) is 16.6. The Bertz CT molecular complexity index is 1060. The van der Waals surface area contributed by atoms with E-state index in [9.17, 15) is 30.7 Å². The molecule has 0 spiro atoms. The van der Waals surface area contributed by atoms with Crippen LogP contribution in [0.25, 0.3) is 11.1 Å². The predicted octanol–water partition coefficient (Wildman–Crippen LogP) is 7.45. The Morgan fingerprint density at radius 3 is 1.97 bits per heavy atom. The number of aryl methyl sites for hydroxylation is 1. The number of benzene rings is 3. The Kier molecular flexibility index (Phi) is 6.96. The number of hydrogen-bond acceptors (Lipinski definition) is 2. The lowest BCUT2D eigenvalue weighted by Gasteiger charge is -2.19. The van der Waals surface area contributed by atoms with E-state index in [1.165, 1.54) is 18.2 Å². The summed E-state index contributed by atoms with van der Waals surface area (Å²) in [6.07, 6.45) is -2.70. The zero-order valence-electron chi connectivity index (χ0n) is 16.6. The number of ether oxygens (including phenoxy) is 2. The van der Waals surface area contributed by atoms with Crippen molar-refractivity contribution in [1.82, 2.24) is 0 Å². The van der Waals surface area contributed by atoms with Gasteiger partial charge in [0.25, 0.3) is 0 Å². The topological polar surface area (TPSA) is 18.5 Å². The molecule has 3 aromatic carbocycles. The minimum Gasteiger partial charge on any atom is -0.429 e. The first-order valence-electron chi connectivity index (χ1n) is 9.50. The van der Waals surface area contributed by atoms with E-state index >= 15 is 0 Å². The minimum atomic E-state index is -3.97. The van der Waals surface area contributed by atoms with Crippen molar-refractivity contribution in [2.75, 3.05) is 0 Å². The lowest BCUT2D eigenvalue weighted by molar-refractivity contribution is -0.187. The highest BCUT2D eigenvalue weighted by molar-refractivity contribution is 5.65. The van der Waals surface area contributed by atoms with Crippen LogP contribution in [0.2, 0.25) is 0 Å². The normalized spacial score (nSPS) is 11.7. The van der Waals surface area contributed by atoms with E-state index in [1.807, 2.05) is 6.92 Å². The second kappa shape index (κ2) is 9.50. The zero-order chi connectivity index (χ0) is 23.5. The molecule has 170 valence electrons. The van der Waals surface area contributed by atoms with Gasteiger partial charge in [-0.1, -0.05) is 31.5 Å². The van der Waals surface area contributed by atoms with Gasteiger partial charge in [0.2, 0.25) is 0 Å². The van der Waals surface area contributed by atoms with Gasteiger partial charge in [0.15, 0.2) is 17.4 Å². The van der Waals surface area contributed by atoms with Crippen molar-refractivity contribution in [1.29, 1.82) is 0 Å². The van der Waals surface area contributed by atoms with Crippen molar-refractivity contribution < 1.29 is 40.2 Å². The summed E-state index contributed by atoms with van der Waals surface area (Å²) in [6, 6.07) is 9.58. The van der Waals surface area contributed by atoms with E-state index < -0.39 is 41.5 Å². The van der Waals surface area contributed by atoms with Gasteiger partial charge in [-0.3, -0.25) is 0 Å². The summed E-state index contributed by atoms with van der Waals surface area (Å²) >= 11 is 0. The van der Waals surface area contributed by atoms with E-state index in [0.717, 1.165) is 42.8 Å². The third-order valence-electron chi connectivity index (χ3n) is 4.52. The van der Waals surface area contributed by atoms with Crippen LogP contribution in [0.5, 0.6) is 11.5 Å². The lowest BCUT2D eigenvalue weighted by Crippen LogP contribution is -2.23. The molecule has 0 aliphatic carbocycles. The summed E-state index contributed by atoms with van der Waals surface area (Å²) < 4.78 is 104. The average molecular weight is 458 g/mol. The molecule has 0 radical (unpaired) electrons. The van der Waals surface area contributed by atoms with E-state index in [0.29, 0.717) is 12.0 Å². The standard InChI is InChI=1S/C23H17F7O2/c1-2-3-13-4-9-17(18(24)10-13)23(29,30)32-16-7-5-14(6-8-16)15-11-19(25)21(20(26)12-15)31-22(27)28/h4-12,22H,2-3H2,1H3. The molecule has 32 heavy (non-hydrogen) atoms. The number of hydrogen-bond donors (Lipinski definition) is 0. The molecule has 0 N–H and O–H groups in total. The van der Waals surface area contributed by atoms with Gasteiger partial charge < -0.3 is 9.47 Å². The monoisotopic (exact) mass is 458 g/mol. The van der Waals surface area contributed by atoms with Crippen LogP contribution >= 0.6 is 0 Å². The maximum atomic E-state index is 14.5. The van der Waals surface area contributed by atoms with Crippen LogP contribution in [0.15, 0.2) is 54.6 Å². The van der Waals surface area contributed by atoms with Gasteiger partial charge in [-0.05, 0) is 59.5 Å². The smallest absolute Gasteiger partial charge is 0.429 e. The van der Waals surface area contributed by atoms with Gasteiger partial charge in [0.05, 0.1) is 5.56 Å². The highest BCUT2D eigenvalue weighted by atomic mass is 19.3. The summed E-state index contributed by atoms with van der Waals surface area (Å²) in [5, 5.41) is 0. The molecule has 2 nitrogen and oxygen atoms in total. The summed E-state index contributed by atoms with van der Waals surface area (Å²) in [6.45, 7) is -1.53. The van der Waals surface area contributed by atoms with Crippen LogP contribution in [-0.2, 0) is 12.5 Å². The van der Waals surface area contributed by atoms with Crippen LogP contribution < -0.4 is 9.47 Å². The van der Waals surface area contributed by atoms with Crippen molar-refractivity contribution in [2.24, 2.45) is 0 Å². The third kappa shape index (κ3) is 5.33. The molecule has 0 amide bonds. The maximum absolute atomic E-state index is 14.5. The fourth-order valence-electron chi connectivity index (χ4n) is 3.09. The lowest BCUT2D eigenvalue weighted by atomic mass is 10.0. The second-order valence-electron chi connectivity index (χ2n) is 6.85. The molecule has 0 saturated carbocycles. The Balaban J connectivity index is 1.80. The molecule has 3 aromatic rings. The Morgan fingerprint density at radius 2 is 1.44 bits per heavy atom. The van der Waals surface area contributed by atoms with Gasteiger partial charge in [0.1, 0.15) is 11.6 Å². The fourth-order valence-corrected chi connectivity index (χ4v) is 3.09. The van der Waals surface area contributed by atoms with Crippen molar-refractivity contribution in [2.45, 2.75) is 32.5 Å². The van der Waals surface area contributed by atoms with Crippen LogP contribution in [0.3, 0.4) is 0 Å². The molecular formula is C23H17F7O2. The van der Waals surface area contributed by atoms with Crippen molar-refractivity contribution >= 4 is 0 Å². The molecule has 9 heteroatoms. The molecule has 0 aromatic heterocycles. The van der Waals surface area contributed by atoms with Gasteiger partial charge >= 0.3 is 12.7 Å². The van der Waals surface area contributed by atoms with Crippen molar-refractivity contribution in [3.63, 3.8) is 0 Å². The van der Waals surface area contributed by atoms with E-state index in [2.05, 4.69) is 9.47 Å². The molecule has 0 aliphatic rings. The first-order chi connectivity index (χ1) is 15.1. The average Bonchev–Trinajstić information content (AvgIpc) is 2.71. The Labute approximate surface area is 179 Å². The molecule has 0 atom stereocenters. The number of alkyl halides is 4. The highest BCUT2D eigenvalue weighted by Crippen LogP contribution is 2.35. The second-order valence-corrected chi connectivity index (χ2v) is 6.85. The van der Waals surface area contributed by atoms with E-state index in [-0.39, 0.29) is 16.9 Å². The Hall–Kier alpha value is -3.23. The van der Waals surface area contributed by atoms with Crippen LogP contribution in [-0.4, -0.2) is 6.61 Å². The number of halogens is 7. The van der Waals surface area contributed by atoms with Gasteiger partial charge in [-0.25, -0.2) is 13.2 Å². The van der Waals surface area contributed by atoms with Crippen molar-refractivity contribution in [3.8, 4) is 22.6 Å². The minimum absolute atomic E-state index is 0.0440. The van der Waals surface area contributed by atoms with E-state index in [4.69, 9.17) is 0 Å². The molecule has 0 aliphatic heterocycles. The largest absolute Gasteiger partial charge is 0.429 e. The molecule has 0 heterocycles. The van der Waals surface area contributed by atoms with Crippen LogP contribution in [0, 0.1) is 17.5 Å². The van der Waals surface area contributed by atoms with Gasteiger partial charge in [0, 0.05) is 0 Å². The first-order valence-corrected chi connectivity index (χ1v) is 9.50. The molecule has 0 unspecified atom stereocenters. The Morgan fingerprint density at radius 1 is 0.812 bits per heavy atom. The SMILES string of the molecule is CCCc1ccc(C(F)(F)Oc2ccc(-c3cc(F)c(OC(F)F)c(F)c3)cc2)c(F)c1. The summed E-state index contributed by atoms with van der Waals surface area (Å²) in [5.41, 5.74) is -0.201. The molecule has 0 fully saturated rings. The van der Waals surface area contributed by atoms with Gasteiger partial charge in [-0.15, -0.1) is 0 Å². The first kappa shape index (κ1) is 23.4. The maximum Gasteiger partial charge on any atom is 0.429 e. The van der Waals surface area contributed by atoms with E-state index in [1.54, 1.807) is 0 Å². The molecule has 3 rings (SSSR count).